The quantitative estimate of drug-likeness (QED) is 0.602. The lowest BCUT2D eigenvalue weighted by molar-refractivity contribution is 1.36. The van der Waals surface area contributed by atoms with Crippen LogP contribution in [-0.2, 0) is 0 Å². The number of aromatic nitrogens is 1. The van der Waals surface area contributed by atoms with Gasteiger partial charge in [0, 0.05) is 17.1 Å². The summed E-state index contributed by atoms with van der Waals surface area (Å²) in [6.07, 6.45) is 1.97. The number of fused-ring (bicyclic) bond motifs is 1. The van der Waals surface area contributed by atoms with Gasteiger partial charge >= 0.3 is 0 Å². The van der Waals surface area contributed by atoms with Crippen LogP contribution in [0.4, 0.5) is 0 Å². The Morgan fingerprint density at radius 3 is 2.33 bits per heavy atom. The fraction of sp³-hybridized carbons (Fsp3) is 0.118. The molecule has 0 saturated heterocycles. The van der Waals surface area contributed by atoms with Crippen LogP contribution in [0, 0.1) is 13.8 Å². The first-order valence-corrected chi connectivity index (χ1v) is 6.17. The Morgan fingerprint density at radius 1 is 0.833 bits per heavy atom. The monoisotopic (exact) mass is 233 g/mol. The second-order valence-corrected chi connectivity index (χ2v) is 4.68. The van der Waals surface area contributed by atoms with E-state index in [0.717, 1.165) is 5.52 Å². The van der Waals surface area contributed by atoms with Gasteiger partial charge in [0.2, 0.25) is 0 Å². The largest absolute Gasteiger partial charge is 0.256 e. The highest BCUT2D eigenvalue weighted by Gasteiger charge is 2.06. The molecule has 0 bridgehead atoms. The van der Waals surface area contributed by atoms with Crippen LogP contribution in [-0.4, -0.2) is 4.98 Å². The van der Waals surface area contributed by atoms with Crippen LogP contribution in [0.5, 0.6) is 0 Å². The molecule has 0 spiro atoms. The number of benzene rings is 2. The van der Waals surface area contributed by atoms with Gasteiger partial charge in [0.15, 0.2) is 0 Å². The minimum absolute atomic E-state index is 1.06. The molecule has 2 aromatic carbocycles. The lowest BCUT2D eigenvalue weighted by Gasteiger charge is -2.09. The Hall–Kier alpha value is -2.15. The van der Waals surface area contributed by atoms with E-state index in [1.165, 1.54) is 27.6 Å². The number of nitrogens with zero attached hydrogens (tertiary/aromatic N) is 1. The van der Waals surface area contributed by atoms with Crippen LogP contribution < -0.4 is 0 Å². The van der Waals surface area contributed by atoms with E-state index in [1.54, 1.807) is 0 Å². The van der Waals surface area contributed by atoms with Crippen molar-refractivity contribution in [3.63, 3.8) is 0 Å². The first-order valence-electron chi connectivity index (χ1n) is 6.17. The number of hydrogen-bond donors (Lipinski definition) is 0. The molecule has 0 aliphatic carbocycles. The SMILES string of the molecule is Cc1ccc(-c2cnc3ccccc3c2C)cc1. The Morgan fingerprint density at radius 2 is 1.56 bits per heavy atom. The molecule has 1 aromatic heterocycles. The Labute approximate surface area is 107 Å². The van der Waals surface area contributed by atoms with Gasteiger partial charge in [0.05, 0.1) is 5.52 Å². The van der Waals surface area contributed by atoms with Crippen LogP contribution in [0.2, 0.25) is 0 Å². The van der Waals surface area contributed by atoms with Gasteiger partial charge in [-0.3, -0.25) is 4.98 Å². The highest BCUT2D eigenvalue weighted by molar-refractivity contribution is 5.88. The first kappa shape index (κ1) is 11.0. The zero-order valence-corrected chi connectivity index (χ0v) is 10.6. The number of pyridine rings is 1. The van der Waals surface area contributed by atoms with Crippen molar-refractivity contribution in [1.82, 2.24) is 4.98 Å². The number of para-hydroxylation sites is 1. The van der Waals surface area contributed by atoms with Crippen molar-refractivity contribution < 1.29 is 0 Å². The van der Waals surface area contributed by atoms with Crippen molar-refractivity contribution >= 4 is 10.9 Å². The van der Waals surface area contributed by atoms with Crippen molar-refractivity contribution in [3.05, 3.63) is 65.9 Å². The van der Waals surface area contributed by atoms with Crippen LogP contribution in [0.15, 0.2) is 54.7 Å². The molecule has 88 valence electrons. The average molecular weight is 233 g/mol. The topological polar surface area (TPSA) is 12.9 Å². The second-order valence-electron chi connectivity index (χ2n) is 4.68. The molecule has 0 amide bonds. The highest BCUT2D eigenvalue weighted by atomic mass is 14.7. The summed E-state index contributed by atoms with van der Waals surface area (Å²) in [7, 11) is 0. The molecular formula is C17H15N. The molecule has 1 heteroatoms. The smallest absolute Gasteiger partial charge is 0.0705 e. The third kappa shape index (κ3) is 1.78. The molecule has 0 atom stereocenters. The molecular weight excluding hydrogens is 218 g/mol. The average Bonchev–Trinajstić information content (AvgIpc) is 2.41. The maximum atomic E-state index is 4.54. The summed E-state index contributed by atoms with van der Waals surface area (Å²) >= 11 is 0. The first-order chi connectivity index (χ1) is 8.75. The van der Waals surface area contributed by atoms with E-state index in [9.17, 15) is 0 Å². The van der Waals surface area contributed by atoms with Crippen LogP contribution in [0.1, 0.15) is 11.1 Å². The van der Waals surface area contributed by atoms with Gasteiger partial charge in [-0.15, -0.1) is 0 Å². The zero-order valence-electron chi connectivity index (χ0n) is 10.6. The van der Waals surface area contributed by atoms with E-state index < -0.39 is 0 Å². The lowest BCUT2D eigenvalue weighted by Crippen LogP contribution is -1.88. The van der Waals surface area contributed by atoms with E-state index in [-0.39, 0.29) is 0 Å². The molecule has 3 rings (SSSR count). The van der Waals surface area contributed by atoms with Gasteiger partial charge in [-0.2, -0.15) is 0 Å². The van der Waals surface area contributed by atoms with E-state index >= 15 is 0 Å². The second kappa shape index (κ2) is 4.26. The molecule has 18 heavy (non-hydrogen) atoms. The van der Waals surface area contributed by atoms with Crippen LogP contribution in [0.3, 0.4) is 0 Å². The van der Waals surface area contributed by atoms with Gasteiger partial charge in [-0.1, -0.05) is 48.0 Å². The minimum atomic E-state index is 1.06. The Kier molecular flexibility index (Phi) is 2.60. The van der Waals surface area contributed by atoms with Gasteiger partial charge in [0.1, 0.15) is 0 Å². The molecule has 3 aromatic rings. The maximum Gasteiger partial charge on any atom is 0.0705 e. The number of hydrogen-bond acceptors (Lipinski definition) is 1. The summed E-state index contributed by atoms with van der Waals surface area (Å²) in [5.74, 6) is 0. The summed E-state index contributed by atoms with van der Waals surface area (Å²) < 4.78 is 0. The van der Waals surface area contributed by atoms with Crippen molar-refractivity contribution in [2.75, 3.05) is 0 Å². The number of rotatable bonds is 1. The molecule has 0 fully saturated rings. The standard InChI is InChI=1S/C17H15N/c1-12-7-9-14(10-8-12)16-11-18-17-6-4-3-5-15(17)13(16)2/h3-11H,1-2H3. The van der Waals surface area contributed by atoms with Crippen molar-refractivity contribution in [3.8, 4) is 11.1 Å². The third-order valence-electron chi connectivity index (χ3n) is 3.41. The van der Waals surface area contributed by atoms with Crippen molar-refractivity contribution in [1.29, 1.82) is 0 Å². The lowest BCUT2D eigenvalue weighted by atomic mass is 9.98. The molecule has 0 unspecified atom stereocenters. The van der Waals surface area contributed by atoms with E-state index in [1.807, 2.05) is 12.3 Å². The van der Waals surface area contributed by atoms with Crippen molar-refractivity contribution in [2.45, 2.75) is 13.8 Å². The van der Waals surface area contributed by atoms with Gasteiger partial charge < -0.3 is 0 Å². The maximum absolute atomic E-state index is 4.54. The fourth-order valence-corrected chi connectivity index (χ4v) is 2.30. The van der Waals surface area contributed by atoms with Crippen LogP contribution in [0.25, 0.3) is 22.0 Å². The third-order valence-corrected chi connectivity index (χ3v) is 3.41. The molecule has 0 saturated carbocycles. The van der Waals surface area contributed by atoms with Gasteiger partial charge in [-0.25, -0.2) is 0 Å². The molecule has 0 aliphatic rings. The van der Waals surface area contributed by atoms with Gasteiger partial charge in [0.25, 0.3) is 0 Å². The van der Waals surface area contributed by atoms with E-state index in [2.05, 4.69) is 61.3 Å². The predicted molar refractivity (Wildman–Crippen MR) is 76.7 cm³/mol. The summed E-state index contributed by atoms with van der Waals surface area (Å²) in [5, 5.41) is 1.23. The zero-order chi connectivity index (χ0) is 12.5. The molecule has 1 heterocycles. The Bertz CT molecular complexity index is 696. The normalized spacial score (nSPS) is 10.8. The van der Waals surface area contributed by atoms with Gasteiger partial charge in [-0.05, 0) is 31.0 Å². The van der Waals surface area contributed by atoms with E-state index in [4.69, 9.17) is 0 Å². The van der Waals surface area contributed by atoms with Crippen molar-refractivity contribution in [2.24, 2.45) is 0 Å². The molecule has 1 nitrogen and oxygen atoms in total. The molecule has 0 radical (unpaired) electrons. The highest BCUT2D eigenvalue weighted by Crippen LogP contribution is 2.28. The fourth-order valence-electron chi connectivity index (χ4n) is 2.30. The van der Waals surface area contributed by atoms with E-state index in [0.29, 0.717) is 0 Å². The Balaban J connectivity index is 2.24. The summed E-state index contributed by atoms with van der Waals surface area (Å²) in [6, 6.07) is 16.9. The summed E-state index contributed by atoms with van der Waals surface area (Å²) in [4.78, 5) is 4.54. The summed E-state index contributed by atoms with van der Waals surface area (Å²) in [5.41, 5.74) is 6.09. The summed E-state index contributed by atoms with van der Waals surface area (Å²) in [6.45, 7) is 4.27. The van der Waals surface area contributed by atoms with Crippen LogP contribution >= 0.6 is 0 Å². The minimum Gasteiger partial charge on any atom is -0.256 e. The molecule has 0 aliphatic heterocycles. The predicted octanol–water partition coefficient (Wildman–Crippen LogP) is 4.52. The number of aryl methyl sites for hydroxylation is 2. The molecule has 0 N–H and O–H groups in total.